The molecule has 2 nitrogen and oxygen atoms in total. The average molecular weight is 129 g/mol. The monoisotopic (exact) mass is 129 g/mol. The number of epoxide rings is 1. The highest BCUT2D eigenvalue weighted by molar-refractivity contribution is 4.85. The van der Waals surface area contributed by atoms with Crippen molar-refractivity contribution in [2.75, 3.05) is 19.7 Å². The molecule has 0 saturated carbocycles. The second-order valence-electron chi connectivity index (χ2n) is 2.64. The van der Waals surface area contributed by atoms with E-state index in [1.54, 1.807) is 0 Å². The lowest BCUT2D eigenvalue weighted by molar-refractivity contribution is 0.105. The minimum absolute atomic E-state index is 0.101. The number of hydrogen-bond acceptors (Lipinski definition) is 2. The molecule has 1 aliphatic heterocycles. The van der Waals surface area contributed by atoms with E-state index in [4.69, 9.17) is 4.74 Å². The molecule has 1 heterocycles. The van der Waals surface area contributed by atoms with Gasteiger partial charge in [-0.05, 0) is 20.0 Å². The molecule has 1 rings (SSSR count). The summed E-state index contributed by atoms with van der Waals surface area (Å²) < 4.78 is 5.27. The van der Waals surface area contributed by atoms with E-state index in [1.165, 1.54) is 0 Å². The third-order valence-corrected chi connectivity index (χ3v) is 1.99. The maximum absolute atomic E-state index is 5.27. The first-order valence-electron chi connectivity index (χ1n) is 3.62. The molecule has 0 spiro atoms. The largest absolute Gasteiger partial charge is 0.354 e. The smallest absolute Gasteiger partial charge is 0.142 e. The van der Waals surface area contributed by atoms with Crippen molar-refractivity contribution in [1.82, 2.24) is 4.90 Å². The second-order valence-corrected chi connectivity index (χ2v) is 2.64. The summed E-state index contributed by atoms with van der Waals surface area (Å²) in [6.07, 6.45) is 0. The van der Waals surface area contributed by atoms with Crippen LogP contribution in [0.15, 0.2) is 0 Å². The molecule has 0 aromatic carbocycles. The van der Waals surface area contributed by atoms with Crippen LogP contribution in [-0.2, 0) is 4.74 Å². The second kappa shape index (κ2) is 2.27. The van der Waals surface area contributed by atoms with Crippen LogP contribution in [0, 0.1) is 0 Å². The van der Waals surface area contributed by atoms with Crippen LogP contribution in [-0.4, -0.2) is 30.3 Å². The molecule has 0 aromatic heterocycles. The van der Waals surface area contributed by atoms with E-state index >= 15 is 0 Å². The predicted molar refractivity (Wildman–Crippen MR) is 37.3 cm³/mol. The minimum Gasteiger partial charge on any atom is -0.354 e. The Morgan fingerprint density at radius 1 is 1.44 bits per heavy atom. The lowest BCUT2D eigenvalue weighted by Crippen LogP contribution is -2.35. The summed E-state index contributed by atoms with van der Waals surface area (Å²) in [4.78, 5) is 2.33. The molecule has 1 fully saturated rings. The van der Waals surface area contributed by atoms with Gasteiger partial charge < -0.3 is 4.74 Å². The van der Waals surface area contributed by atoms with Crippen molar-refractivity contribution in [3.8, 4) is 0 Å². The summed E-state index contributed by atoms with van der Waals surface area (Å²) in [6, 6.07) is 0. The SMILES string of the molecule is CCN(CC)C1(C)CO1. The molecule has 1 aliphatic rings. The van der Waals surface area contributed by atoms with Gasteiger partial charge in [-0.25, -0.2) is 0 Å². The van der Waals surface area contributed by atoms with Crippen molar-refractivity contribution in [2.24, 2.45) is 0 Å². The first-order chi connectivity index (χ1) is 4.23. The molecule has 9 heavy (non-hydrogen) atoms. The quantitative estimate of drug-likeness (QED) is 0.530. The summed E-state index contributed by atoms with van der Waals surface area (Å²) in [5.74, 6) is 0. The maximum Gasteiger partial charge on any atom is 0.142 e. The van der Waals surface area contributed by atoms with Crippen LogP contribution in [0.5, 0.6) is 0 Å². The van der Waals surface area contributed by atoms with Crippen LogP contribution >= 0.6 is 0 Å². The average Bonchev–Trinajstić information content (AvgIpc) is 2.52. The third kappa shape index (κ3) is 1.25. The Morgan fingerprint density at radius 3 is 2.00 bits per heavy atom. The first kappa shape index (κ1) is 7.03. The number of nitrogens with zero attached hydrogens (tertiary/aromatic N) is 1. The highest BCUT2D eigenvalue weighted by atomic mass is 16.6. The Balaban J connectivity index is 2.37. The Bertz CT molecular complexity index is 95.1. The van der Waals surface area contributed by atoms with E-state index in [9.17, 15) is 0 Å². The molecule has 0 bridgehead atoms. The van der Waals surface area contributed by atoms with Gasteiger partial charge in [-0.3, -0.25) is 4.90 Å². The van der Waals surface area contributed by atoms with Crippen LogP contribution in [0.2, 0.25) is 0 Å². The van der Waals surface area contributed by atoms with Gasteiger partial charge in [-0.15, -0.1) is 0 Å². The number of ether oxygens (including phenoxy) is 1. The van der Waals surface area contributed by atoms with Gasteiger partial charge in [-0.1, -0.05) is 13.8 Å². The molecule has 54 valence electrons. The lowest BCUT2D eigenvalue weighted by Gasteiger charge is -2.22. The van der Waals surface area contributed by atoms with E-state index in [0.717, 1.165) is 19.7 Å². The highest BCUT2D eigenvalue weighted by Gasteiger charge is 2.43. The summed E-state index contributed by atoms with van der Waals surface area (Å²) in [7, 11) is 0. The van der Waals surface area contributed by atoms with Gasteiger partial charge in [0, 0.05) is 0 Å². The standard InChI is InChI=1S/C7H15NO/c1-4-8(5-2)7(3)6-9-7/h4-6H2,1-3H3. The van der Waals surface area contributed by atoms with Gasteiger partial charge in [-0.2, -0.15) is 0 Å². The summed E-state index contributed by atoms with van der Waals surface area (Å²) >= 11 is 0. The van der Waals surface area contributed by atoms with Crippen LogP contribution < -0.4 is 0 Å². The predicted octanol–water partition coefficient (Wildman–Crippen LogP) is 1.07. The summed E-state index contributed by atoms with van der Waals surface area (Å²) in [5, 5.41) is 0. The van der Waals surface area contributed by atoms with E-state index in [1.807, 2.05) is 0 Å². The van der Waals surface area contributed by atoms with E-state index in [-0.39, 0.29) is 5.72 Å². The molecule has 1 atom stereocenters. The maximum atomic E-state index is 5.27. The zero-order valence-electron chi connectivity index (χ0n) is 6.48. The molecule has 0 N–H and O–H groups in total. The Hall–Kier alpha value is -0.0800. The molecular weight excluding hydrogens is 114 g/mol. The zero-order valence-corrected chi connectivity index (χ0v) is 6.48. The van der Waals surface area contributed by atoms with Crippen molar-refractivity contribution in [2.45, 2.75) is 26.5 Å². The molecule has 1 saturated heterocycles. The van der Waals surface area contributed by atoms with Gasteiger partial charge >= 0.3 is 0 Å². The van der Waals surface area contributed by atoms with Gasteiger partial charge in [0.05, 0.1) is 6.61 Å². The fraction of sp³-hybridized carbons (Fsp3) is 1.00. The molecule has 0 aromatic rings. The van der Waals surface area contributed by atoms with Gasteiger partial charge in [0.25, 0.3) is 0 Å². The van der Waals surface area contributed by atoms with Gasteiger partial charge in [0.15, 0.2) is 0 Å². The van der Waals surface area contributed by atoms with Crippen molar-refractivity contribution < 1.29 is 4.74 Å². The van der Waals surface area contributed by atoms with Crippen LogP contribution in [0.25, 0.3) is 0 Å². The molecule has 0 aliphatic carbocycles. The zero-order chi connectivity index (χ0) is 6.91. The lowest BCUT2D eigenvalue weighted by atomic mass is 10.3. The molecule has 0 amide bonds. The fourth-order valence-corrected chi connectivity index (χ4v) is 1.18. The Labute approximate surface area is 56.8 Å². The minimum atomic E-state index is 0.101. The number of rotatable bonds is 3. The van der Waals surface area contributed by atoms with E-state index in [0.29, 0.717) is 0 Å². The first-order valence-corrected chi connectivity index (χ1v) is 3.62. The van der Waals surface area contributed by atoms with E-state index in [2.05, 4.69) is 25.7 Å². The molecule has 0 radical (unpaired) electrons. The Morgan fingerprint density at radius 2 is 1.89 bits per heavy atom. The summed E-state index contributed by atoms with van der Waals surface area (Å²) in [6.45, 7) is 9.56. The van der Waals surface area contributed by atoms with Crippen LogP contribution in [0.1, 0.15) is 20.8 Å². The fourth-order valence-electron chi connectivity index (χ4n) is 1.18. The van der Waals surface area contributed by atoms with Crippen LogP contribution in [0.3, 0.4) is 0 Å². The van der Waals surface area contributed by atoms with E-state index < -0.39 is 0 Å². The number of likely N-dealkylation sites (N-methyl/N-ethyl adjacent to an activating group) is 1. The third-order valence-electron chi connectivity index (χ3n) is 1.99. The van der Waals surface area contributed by atoms with Crippen molar-refractivity contribution >= 4 is 0 Å². The topological polar surface area (TPSA) is 15.8 Å². The summed E-state index contributed by atoms with van der Waals surface area (Å²) in [5.41, 5.74) is 0.101. The molecular formula is C7H15NO. The van der Waals surface area contributed by atoms with Crippen molar-refractivity contribution in [3.63, 3.8) is 0 Å². The van der Waals surface area contributed by atoms with Gasteiger partial charge in [0.1, 0.15) is 5.72 Å². The normalized spacial score (nSPS) is 33.3. The number of hydrogen-bond donors (Lipinski definition) is 0. The Kier molecular flexibility index (Phi) is 1.78. The van der Waals surface area contributed by atoms with Crippen LogP contribution in [0.4, 0.5) is 0 Å². The molecule has 1 unspecified atom stereocenters. The van der Waals surface area contributed by atoms with Crippen molar-refractivity contribution in [1.29, 1.82) is 0 Å². The van der Waals surface area contributed by atoms with Gasteiger partial charge in [0.2, 0.25) is 0 Å². The van der Waals surface area contributed by atoms with Crippen molar-refractivity contribution in [3.05, 3.63) is 0 Å². The molecule has 2 heteroatoms. The highest BCUT2D eigenvalue weighted by Crippen LogP contribution is 2.29.